The lowest BCUT2D eigenvalue weighted by Gasteiger charge is -2.09. The van der Waals surface area contributed by atoms with E-state index < -0.39 is 15.3 Å². The first-order valence-electron chi connectivity index (χ1n) is 3.75. The summed E-state index contributed by atoms with van der Waals surface area (Å²) in [5, 5.41) is -0.507. The largest absolute Gasteiger partial charge is 0.393 e. The molecule has 0 rings (SSSR count). The fraction of sp³-hybridized carbons (Fsp3) is 0.667. The minimum atomic E-state index is -3.69. The summed E-state index contributed by atoms with van der Waals surface area (Å²) in [6.45, 7) is 1.73. The van der Waals surface area contributed by atoms with E-state index in [1.54, 1.807) is 6.92 Å². The van der Waals surface area contributed by atoms with Crippen molar-refractivity contribution in [1.82, 2.24) is 0 Å². The summed E-state index contributed by atoms with van der Waals surface area (Å²) in [5.74, 6) is -0.363. The molecule has 0 radical (unpaired) electrons. The number of rotatable bonds is 5. The molecule has 1 unspecified atom stereocenters. The van der Waals surface area contributed by atoms with Crippen molar-refractivity contribution in [2.75, 3.05) is 5.75 Å². The van der Waals surface area contributed by atoms with E-state index >= 15 is 0 Å². The van der Waals surface area contributed by atoms with Crippen molar-refractivity contribution < 1.29 is 12.6 Å². The van der Waals surface area contributed by atoms with E-state index in [4.69, 9.17) is 11.5 Å². The predicted octanol–water partition coefficient (Wildman–Crippen LogP) is -0.111. The van der Waals surface area contributed by atoms with Gasteiger partial charge in [0.1, 0.15) is 0 Å². The summed E-state index contributed by atoms with van der Waals surface area (Å²) < 4.78 is 26.5. The molecule has 0 aromatic heterocycles. The van der Waals surface area contributed by atoms with Gasteiger partial charge in [-0.05, 0) is 18.6 Å². The molecule has 0 bridgehead atoms. The second kappa shape index (κ2) is 5.42. The highest BCUT2D eigenvalue weighted by Crippen LogP contribution is 2.06. The van der Waals surface area contributed by atoms with Gasteiger partial charge in [-0.1, -0.05) is 19.1 Å². The van der Waals surface area contributed by atoms with Crippen LogP contribution < -0.4 is 11.5 Å². The zero-order chi connectivity index (χ0) is 11.4. The zero-order valence-corrected chi connectivity index (χ0v) is 10.0. The average molecular weight is 256 g/mol. The zero-order valence-electron chi connectivity index (χ0n) is 7.60. The molecule has 0 aliphatic heterocycles. The summed E-state index contributed by atoms with van der Waals surface area (Å²) in [6.07, 6.45) is 0.292. The van der Waals surface area contributed by atoms with Crippen LogP contribution in [0.25, 0.3) is 0 Å². The van der Waals surface area contributed by atoms with Gasteiger partial charge in [-0.3, -0.25) is 0 Å². The van der Waals surface area contributed by atoms with Crippen molar-refractivity contribution >= 4 is 44.7 Å². The van der Waals surface area contributed by atoms with E-state index in [0.29, 0.717) is 6.42 Å². The quantitative estimate of drug-likeness (QED) is 0.523. The molecule has 4 N–H and O–H groups in total. The standard InChI is InChI=1S/C6H12N2O3S3/c1-4(5(7)12)2-3-14(9,10)11-6(8)13/h4H,2-3H2,1H3,(H2,7,12)(H2,8,13). The first kappa shape index (κ1) is 13.5. The van der Waals surface area contributed by atoms with Crippen molar-refractivity contribution in [2.24, 2.45) is 17.4 Å². The van der Waals surface area contributed by atoms with Gasteiger partial charge < -0.3 is 15.7 Å². The van der Waals surface area contributed by atoms with Gasteiger partial charge in [0.25, 0.3) is 5.17 Å². The maximum Gasteiger partial charge on any atom is 0.311 e. The summed E-state index contributed by atoms with van der Waals surface area (Å²) in [4.78, 5) is 0.274. The predicted molar refractivity (Wildman–Crippen MR) is 62.2 cm³/mol. The third-order valence-corrected chi connectivity index (χ3v) is 3.26. The molecule has 0 amide bonds. The van der Waals surface area contributed by atoms with E-state index in [9.17, 15) is 8.42 Å². The van der Waals surface area contributed by atoms with Crippen LogP contribution in [0.15, 0.2) is 0 Å². The Morgan fingerprint density at radius 2 is 1.93 bits per heavy atom. The lowest BCUT2D eigenvalue weighted by molar-refractivity contribution is 0.480. The van der Waals surface area contributed by atoms with Crippen LogP contribution >= 0.6 is 24.4 Å². The highest BCUT2D eigenvalue weighted by Gasteiger charge is 2.16. The van der Waals surface area contributed by atoms with E-state index in [1.165, 1.54) is 0 Å². The van der Waals surface area contributed by atoms with Crippen molar-refractivity contribution in [3.8, 4) is 0 Å². The Kier molecular flexibility index (Phi) is 5.24. The van der Waals surface area contributed by atoms with Crippen LogP contribution in [0.3, 0.4) is 0 Å². The fourth-order valence-corrected chi connectivity index (χ4v) is 2.03. The van der Waals surface area contributed by atoms with Gasteiger partial charge in [-0.15, -0.1) is 0 Å². The third-order valence-electron chi connectivity index (χ3n) is 1.50. The van der Waals surface area contributed by atoms with E-state index in [1.807, 2.05) is 0 Å². The molecule has 0 spiro atoms. The van der Waals surface area contributed by atoms with Crippen molar-refractivity contribution in [1.29, 1.82) is 0 Å². The Balaban J connectivity index is 4.13. The maximum atomic E-state index is 11.1. The highest BCUT2D eigenvalue weighted by atomic mass is 32.2. The second-order valence-electron chi connectivity index (χ2n) is 2.76. The Morgan fingerprint density at radius 3 is 2.29 bits per heavy atom. The molecule has 0 saturated carbocycles. The topological polar surface area (TPSA) is 95.4 Å². The number of nitrogens with two attached hydrogens (primary N) is 2. The van der Waals surface area contributed by atoms with Gasteiger partial charge in [0.15, 0.2) is 0 Å². The van der Waals surface area contributed by atoms with Crippen molar-refractivity contribution in [3.05, 3.63) is 0 Å². The average Bonchev–Trinajstić information content (AvgIpc) is 1.97. The molecule has 0 saturated heterocycles. The molecule has 0 aromatic rings. The van der Waals surface area contributed by atoms with E-state index in [-0.39, 0.29) is 16.7 Å². The van der Waals surface area contributed by atoms with Crippen LogP contribution in [-0.2, 0) is 14.3 Å². The molecule has 8 heteroatoms. The summed E-state index contributed by atoms with van der Waals surface area (Å²) >= 11 is 8.99. The van der Waals surface area contributed by atoms with Crippen molar-refractivity contribution in [2.45, 2.75) is 13.3 Å². The Bertz CT molecular complexity index is 325. The van der Waals surface area contributed by atoms with E-state index in [2.05, 4.69) is 28.6 Å². The molecule has 0 aliphatic rings. The lowest BCUT2D eigenvalue weighted by Crippen LogP contribution is -2.24. The Morgan fingerprint density at radius 1 is 1.43 bits per heavy atom. The molecule has 0 aromatic carbocycles. The van der Waals surface area contributed by atoms with Crippen LogP contribution in [-0.4, -0.2) is 24.3 Å². The highest BCUT2D eigenvalue weighted by molar-refractivity contribution is 7.88. The molecule has 0 heterocycles. The van der Waals surface area contributed by atoms with Gasteiger partial charge in [-0.2, -0.15) is 8.42 Å². The Hall–Kier alpha value is -0.470. The molecule has 1 atom stereocenters. The van der Waals surface area contributed by atoms with Crippen molar-refractivity contribution in [3.63, 3.8) is 0 Å². The van der Waals surface area contributed by atoms with Crippen LogP contribution in [0.5, 0.6) is 0 Å². The molecule has 0 aliphatic carbocycles. The van der Waals surface area contributed by atoms with Gasteiger partial charge in [-0.25, -0.2) is 0 Å². The fourth-order valence-electron chi connectivity index (χ4n) is 0.630. The number of hydrogen-bond acceptors (Lipinski definition) is 5. The van der Waals surface area contributed by atoms with Crippen LogP contribution in [0.4, 0.5) is 0 Å². The summed E-state index contributed by atoms with van der Waals surface area (Å²) in [7, 11) is -3.69. The summed E-state index contributed by atoms with van der Waals surface area (Å²) in [5.41, 5.74) is 10.2. The molecular formula is C6H12N2O3S3. The first-order chi connectivity index (χ1) is 6.24. The smallest absolute Gasteiger partial charge is 0.311 e. The van der Waals surface area contributed by atoms with Gasteiger partial charge in [0.05, 0.1) is 10.7 Å². The third kappa shape index (κ3) is 6.06. The number of hydrogen-bond donors (Lipinski definition) is 2. The van der Waals surface area contributed by atoms with Gasteiger partial charge >= 0.3 is 10.1 Å². The second-order valence-corrected chi connectivity index (χ2v) is 5.32. The summed E-state index contributed by atoms with van der Waals surface area (Å²) in [6, 6.07) is 0. The first-order valence-corrected chi connectivity index (χ1v) is 6.15. The maximum absolute atomic E-state index is 11.1. The Labute approximate surface area is 93.9 Å². The van der Waals surface area contributed by atoms with Gasteiger partial charge in [0.2, 0.25) is 0 Å². The molecule has 0 fully saturated rings. The minimum Gasteiger partial charge on any atom is -0.393 e. The van der Waals surface area contributed by atoms with E-state index in [0.717, 1.165) is 0 Å². The molecule has 14 heavy (non-hydrogen) atoms. The minimum absolute atomic E-state index is 0.158. The van der Waals surface area contributed by atoms with Gasteiger partial charge in [0, 0.05) is 5.92 Å². The van der Waals surface area contributed by atoms with Crippen LogP contribution in [0, 0.1) is 5.92 Å². The monoisotopic (exact) mass is 256 g/mol. The number of thiocarbonyl (C=S) groups is 2. The molecule has 5 nitrogen and oxygen atoms in total. The lowest BCUT2D eigenvalue weighted by atomic mass is 10.1. The van der Waals surface area contributed by atoms with Crippen LogP contribution in [0.2, 0.25) is 0 Å². The molecule has 82 valence electrons. The SMILES string of the molecule is CC(CCS(=O)(=O)OC(N)=S)C(N)=S. The molecular weight excluding hydrogens is 244 g/mol. The normalized spacial score (nSPS) is 13.2. The van der Waals surface area contributed by atoms with Crippen LogP contribution in [0.1, 0.15) is 13.3 Å².